The first-order valence-corrected chi connectivity index (χ1v) is 13.0. The summed E-state index contributed by atoms with van der Waals surface area (Å²) in [5.41, 5.74) is 2.00. The second kappa shape index (κ2) is 9.45. The average molecular weight is 455 g/mol. The fourth-order valence-corrected chi connectivity index (χ4v) is 5.86. The van der Waals surface area contributed by atoms with E-state index in [1.54, 1.807) is 48.5 Å². The number of benzene rings is 2. The van der Waals surface area contributed by atoms with Crippen LogP contribution in [0.5, 0.6) is 0 Å². The van der Waals surface area contributed by atoms with Crippen LogP contribution in [0.25, 0.3) is 0 Å². The Balaban J connectivity index is 1.32. The van der Waals surface area contributed by atoms with Crippen molar-refractivity contribution < 1.29 is 18.0 Å². The molecular weight excluding hydrogens is 424 g/mol. The van der Waals surface area contributed by atoms with E-state index in [1.165, 1.54) is 0 Å². The number of amides is 2. The number of carbonyl (C=O) groups is 2. The van der Waals surface area contributed by atoms with Crippen LogP contribution in [0.4, 0.5) is 5.69 Å². The van der Waals surface area contributed by atoms with Gasteiger partial charge < -0.3 is 10.2 Å². The fourth-order valence-electron chi connectivity index (χ4n) is 4.16. The number of anilines is 1. The number of nitrogens with one attached hydrogen (secondary N) is 1. The smallest absolute Gasteiger partial charge is 0.254 e. The third-order valence-corrected chi connectivity index (χ3v) is 8.18. The quantitative estimate of drug-likeness (QED) is 0.684. The van der Waals surface area contributed by atoms with Crippen molar-refractivity contribution in [2.24, 2.45) is 5.92 Å². The van der Waals surface area contributed by atoms with Crippen molar-refractivity contribution in [2.75, 3.05) is 17.6 Å². The minimum absolute atomic E-state index is 0.0341. The first kappa shape index (κ1) is 22.5. The van der Waals surface area contributed by atoms with Gasteiger partial charge in [-0.1, -0.05) is 12.1 Å². The van der Waals surface area contributed by atoms with Crippen LogP contribution < -0.4 is 5.32 Å². The van der Waals surface area contributed by atoms with E-state index in [2.05, 4.69) is 12.2 Å². The summed E-state index contributed by atoms with van der Waals surface area (Å²) in [6.45, 7) is 2.87. The summed E-state index contributed by atoms with van der Waals surface area (Å²) < 4.78 is 24.7. The number of rotatable bonds is 7. The first-order valence-electron chi connectivity index (χ1n) is 11.3. The third-order valence-electron chi connectivity index (χ3n) is 6.28. The van der Waals surface area contributed by atoms with Gasteiger partial charge in [-0.2, -0.15) is 0 Å². The summed E-state index contributed by atoms with van der Waals surface area (Å²) in [5.74, 6) is 0.353. The molecule has 0 aromatic heterocycles. The van der Waals surface area contributed by atoms with Gasteiger partial charge in [0.05, 0.1) is 17.1 Å². The summed E-state index contributed by atoms with van der Waals surface area (Å²) >= 11 is 0. The van der Waals surface area contributed by atoms with Gasteiger partial charge >= 0.3 is 0 Å². The van der Waals surface area contributed by atoms with Gasteiger partial charge in [0, 0.05) is 23.8 Å². The number of hydrogen-bond acceptors (Lipinski definition) is 4. The molecule has 4 rings (SSSR count). The molecule has 1 N–H and O–H groups in total. The maximum atomic E-state index is 12.7. The highest BCUT2D eigenvalue weighted by molar-refractivity contribution is 7.91. The molecule has 1 unspecified atom stereocenters. The molecule has 32 heavy (non-hydrogen) atoms. The van der Waals surface area contributed by atoms with Gasteiger partial charge in [0.1, 0.15) is 0 Å². The van der Waals surface area contributed by atoms with Crippen LogP contribution in [0.15, 0.2) is 53.4 Å². The predicted octanol–water partition coefficient (Wildman–Crippen LogP) is 4.07. The maximum absolute atomic E-state index is 12.7. The number of likely N-dealkylation sites (tertiary alicyclic amines) is 1. The van der Waals surface area contributed by atoms with Crippen molar-refractivity contribution in [3.63, 3.8) is 0 Å². The van der Waals surface area contributed by atoms with E-state index in [9.17, 15) is 18.0 Å². The lowest BCUT2D eigenvalue weighted by molar-refractivity contribution is -0.115. The molecule has 1 atom stereocenters. The zero-order valence-corrected chi connectivity index (χ0v) is 19.2. The highest BCUT2D eigenvalue weighted by Gasteiger charge is 2.29. The minimum Gasteiger partial charge on any atom is -0.336 e. The number of carbonyl (C=O) groups excluding carboxylic acids is 2. The first-order chi connectivity index (χ1) is 15.3. The summed E-state index contributed by atoms with van der Waals surface area (Å²) in [6, 6.07) is 13.8. The second-order valence-corrected chi connectivity index (χ2v) is 11.0. The van der Waals surface area contributed by atoms with Gasteiger partial charge in [0.2, 0.25) is 5.91 Å². The van der Waals surface area contributed by atoms with E-state index >= 15 is 0 Å². The fraction of sp³-hybridized carbons (Fsp3) is 0.440. The lowest BCUT2D eigenvalue weighted by atomic mass is 10.0. The van der Waals surface area contributed by atoms with E-state index in [1.807, 2.05) is 4.90 Å². The molecule has 1 heterocycles. The molecule has 2 fully saturated rings. The van der Waals surface area contributed by atoms with Crippen LogP contribution in [0.2, 0.25) is 0 Å². The summed E-state index contributed by atoms with van der Waals surface area (Å²) in [6.07, 6.45) is 5.36. The van der Waals surface area contributed by atoms with Crippen LogP contribution in [-0.2, 0) is 21.1 Å². The molecule has 7 heteroatoms. The van der Waals surface area contributed by atoms with Crippen molar-refractivity contribution in [2.45, 2.75) is 56.4 Å². The van der Waals surface area contributed by atoms with Crippen LogP contribution in [-0.4, -0.2) is 43.5 Å². The van der Waals surface area contributed by atoms with Crippen molar-refractivity contribution in [1.82, 2.24) is 4.90 Å². The SMILES string of the molecule is CC1CCCCN1C(=O)c1ccc(NC(=O)Cc2ccc(S(=O)(=O)CC3CC3)cc2)cc1. The van der Waals surface area contributed by atoms with Crippen LogP contribution in [0, 0.1) is 5.92 Å². The minimum atomic E-state index is -3.25. The molecular formula is C25H30N2O4S. The van der Waals surface area contributed by atoms with E-state index in [4.69, 9.17) is 0 Å². The molecule has 170 valence electrons. The summed E-state index contributed by atoms with van der Waals surface area (Å²) in [7, 11) is -3.25. The van der Waals surface area contributed by atoms with E-state index in [0.717, 1.165) is 44.2 Å². The summed E-state index contributed by atoms with van der Waals surface area (Å²) in [5, 5.41) is 2.84. The maximum Gasteiger partial charge on any atom is 0.254 e. The third kappa shape index (κ3) is 5.57. The van der Waals surface area contributed by atoms with Crippen molar-refractivity contribution in [3.05, 3.63) is 59.7 Å². The Kier molecular flexibility index (Phi) is 6.65. The van der Waals surface area contributed by atoms with Gasteiger partial charge in [-0.3, -0.25) is 9.59 Å². The topological polar surface area (TPSA) is 83.6 Å². The van der Waals surface area contributed by atoms with Gasteiger partial charge in [-0.15, -0.1) is 0 Å². The van der Waals surface area contributed by atoms with Gasteiger partial charge in [-0.05, 0) is 86.9 Å². The molecule has 2 aromatic carbocycles. The largest absolute Gasteiger partial charge is 0.336 e. The predicted molar refractivity (Wildman–Crippen MR) is 124 cm³/mol. The molecule has 0 radical (unpaired) electrons. The van der Waals surface area contributed by atoms with Crippen molar-refractivity contribution >= 4 is 27.3 Å². The van der Waals surface area contributed by atoms with Crippen molar-refractivity contribution in [1.29, 1.82) is 0 Å². The highest BCUT2D eigenvalue weighted by atomic mass is 32.2. The molecule has 1 saturated carbocycles. The Labute approximate surface area is 189 Å². The number of hydrogen-bond donors (Lipinski definition) is 1. The molecule has 2 aromatic rings. The lowest BCUT2D eigenvalue weighted by Crippen LogP contribution is -2.42. The Morgan fingerprint density at radius 1 is 0.969 bits per heavy atom. The molecule has 0 bridgehead atoms. The zero-order valence-electron chi connectivity index (χ0n) is 18.4. The Hall–Kier alpha value is -2.67. The standard InChI is InChI=1S/C25H30N2O4S/c1-18-4-2-3-15-27(18)25(29)21-9-11-22(12-10-21)26-24(28)16-19-7-13-23(14-8-19)32(30,31)17-20-5-6-20/h7-14,18,20H,2-6,15-17H2,1H3,(H,26,28). The summed E-state index contributed by atoms with van der Waals surface area (Å²) in [4.78, 5) is 27.4. The van der Waals surface area contributed by atoms with Gasteiger partial charge in [0.15, 0.2) is 9.84 Å². The van der Waals surface area contributed by atoms with Crippen molar-refractivity contribution in [3.8, 4) is 0 Å². The Morgan fingerprint density at radius 2 is 1.66 bits per heavy atom. The van der Waals surface area contributed by atoms with Gasteiger partial charge in [-0.25, -0.2) is 8.42 Å². The molecule has 6 nitrogen and oxygen atoms in total. The monoisotopic (exact) mass is 454 g/mol. The highest BCUT2D eigenvalue weighted by Crippen LogP contribution is 2.32. The molecule has 2 amide bonds. The lowest BCUT2D eigenvalue weighted by Gasteiger charge is -2.33. The Morgan fingerprint density at radius 3 is 2.28 bits per heavy atom. The number of nitrogens with zero attached hydrogens (tertiary/aromatic N) is 1. The second-order valence-electron chi connectivity index (χ2n) is 9.01. The number of sulfone groups is 1. The molecule has 1 aliphatic heterocycles. The van der Waals surface area contributed by atoms with E-state index < -0.39 is 9.84 Å². The normalized spacial score (nSPS) is 18.9. The number of piperidine rings is 1. The van der Waals surface area contributed by atoms with Crippen LogP contribution in [0.1, 0.15) is 54.9 Å². The molecule has 2 aliphatic rings. The van der Waals surface area contributed by atoms with E-state index in [-0.39, 0.29) is 30.0 Å². The average Bonchev–Trinajstić information content (AvgIpc) is 3.58. The van der Waals surface area contributed by atoms with Gasteiger partial charge in [0.25, 0.3) is 5.91 Å². The molecule has 1 aliphatic carbocycles. The molecule has 0 spiro atoms. The van der Waals surface area contributed by atoms with Crippen LogP contribution in [0.3, 0.4) is 0 Å². The van der Waals surface area contributed by atoms with Crippen LogP contribution >= 0.6 is 0 Å². The van der Waals surface area contributed by atoms with E-state index in [0.29, 0.717) is 22.1 Å². The molecule has 1 saturated heterocycles. The zero-order chi connectivity index (χ0) is 22.7. The Bertz CT molecular complexity index is 1070.